The maximum Gasteiger partial charge on any atom is 0.228 e. The summed E-state index contributed by atoms with van der Waals surface area (Å²) in [6.07, 6.45) is 0.470. The van der Waals surface area contributed by atoms with Gasteiger partial charge in [0.15, 0.2) is 0 Å². The van der Waals surface area contributed by atoms with Crippen molar-refractivity contribution in [2.45, 2.75) is 12.5 Å². The van der Waals surface area contributed by atoms with Gasteiger partial charge in [-0.2, -0.15) is 0 Å². The van der Waals surface area contributed by atoms with Crippen LogP contribution in [-0.2, 0) is 16.0 Å². The van der Waals surface area contributed by atoms with Crippen LogP contribution >= 0.6 is 11.3 Å². The molecule has 1 atom stereocenters. The Bertz CT molecular complexity index is 411. The lowest BCUT2D eigenvalue weighted by molar-refractivity contribution is -0.139. The van der Waals surface area contributed by atoms with Crippen LogP contribution < -0.4 is 0 Å². The molecule has 5 nitrogen and oxygen atoms in total. The van der Waals surface area contributed by atoms with Crippen molar-refractivity contribution in [3.63, 3.8) is 0 Å². The van der Waals surface area contributed by atoms with E-state index in [9.17, 15) is 4.79 Å². The highest BCUT2D eigenvalue weighted by Gasteiger charge is 2.28. The van der Waals surface area contributed by atoms with Crippen molar-refractivity contribution in [3.05, 3.63) is 22.4 Å². The Morgan fingerprint density at radius 2 is 2.50 bits per heavy atom. The summed E-state index contributed by atoms with van der Waals surface area (Å²) in [5, 5.41) is 11.0. The van der Waals surface area contributed by atoms with Crippen LogP contribution in [0.3, 0.4) is 0 Å². The number of amides is 1. The van der Waals surface area contributed by atoms with Gasteiger partial charge in [0.2, 0.25) is 5.91 Å². The minimum atomic E-state index is 0.0766. The van der Waals surface area contributed by atoms with Crippen LogP contribution in [0.25, 0.3) is 0 Å². The van der Waals surface area contributed by atoms with E-state index in [0.717, 1.165) is 11.4 Å². The molecule has 0 radical (unpaired) electrons. The number of carbonyl (C=O) groups is 1. The molecule has 2 heterocycles. The molecular formula is C14H22N2O3S. The second-order valence-electron chi connectivity index (χ2n) is 5.06. The van der Waals surface area contributed by atoms with E-state index in [2.05, 4.69) is 0 Å². The van der Waals surface area contributed by atoms with E-state index in [1.165, 1.54) is 0 Å². The molecule has 1 aliphatic heterocycles. The van der Waals surface area contributed by atoms with E-state index < -0.39 is 0 Å². The van der Waals surface area contributed by atoms with Gasteiger partial charge < -0.3 is 19.6 Å². The first kappa shape index (κ1) is 15.4. The second kappa shape index (κ2) is 7.73. The van der Waals surface area contributed by atoms with Gasteiger partial charge in [-0.05, 0) is 18.5 Å². The summed E-state index contributed by atoms with van der Waals surface area (Å²) in [7, 11) is 1.95. The van der Waals surface area contributed by atoms with Gasteiger partial charge in [0, 0.05) is 24.5 Å². The molecule has 0 saturated carbocycles. The van der Waals surface area contributed by atoms with Gasteiger partial charge in [-0.3, -0.25) is 4.79 Å². The molecule has 2 rings (SSSR count). The molecule has 0 aliphatic carbocycles. The molecule has 20 heavy (non-hydrogen) atoms. The maximum absolute atomic E-state index is 12.4. The largest absolute Gasteiger partial charge is 0.395 e. The number of aliphatic hydroxyl groups excluding tert-OH is 1. The molecule has 0 bridgehead atoms. The summed E-state index contributed by atoms with van der Waals surface area (Å²) in [6.45, 7) is 3.32. The highest BCUT2D eigenvalue weighted by Crippen LogP contribution is 2.14. The lowest BCUT2D eigenvalue weighted by Gasteiger charge is -2.37. The number of hydrogen-bond donors (Lipinski definition) is 1. The Balaban J connectivity index is 1.93. The first-order valence-corrected chi connectivity index (χ1v) is 7.77. The number of likely N-dealkylation sites (N-methyl/N-ethyl adjacent to an activating group) is 1. The number of nitrogens with zero attached hydrogens (tertiary/aromatic N) is 2. The molecule has 0 aromatic carbocycles. The summed E-state index contributed by atoms with van der Waals surface area (Å²) in [5.41, 5.74) is 0. The summed E-state index contributed by atoms with van der Waals surface area (Å²) < 4.78 is 5.50. The van der Waals surface area contributed by atoms with Crippen molar-refractivity contribution in [2.75, 3.05) is 46.5 Å². The van der Waals surface area contributed by atoms with Crippen LogP contribution in [-0.4, -0.2) is 73.4 Å². The average Bonchev–Trinajstić information content (AvgIpc) is 2.92. The van der Waals surface area contributed by atoms with E-state index >= 15 is 0 Å². The Hall–Kier alpha value is -0.950. The zero-order valence-corrected chi connectivity index (χ0v) is 12.6. The van der Waals surface area contributed by atoms with E-state index in [4.69, 9.17) is 9.84 Å². The monoisotopic (exact) mass is 298 g/mol. The van der Waals surface area contributed by atoms with Gasteiger partial charge in [0.1, 0.15) is 0 Å². The highest BCUT2D eigenvalue weighted by atomic mass is 32.1. The quantitative estimate of drug-likeness (QED) is 0.828. The first-order valence-electron chi connectivity index (χ1n) is 6.89. The van der Waals surface area contributed by atoms with E-state index in [1.807, 2.05) is 34.4 Å². The number of thiophene rings is 1. The molecule has 1 unspecified atom stereocenters. The Kier molecular flexibility index (Phi) is 5.97. The molecule has 1 saturated heterocycles. The van der Waals surface area contributed by atoms with Crippen LogP contribution in [0.5, 0.6) is 0 Å². The molecule has 6 heteroatoms. The van der Waals surface area contributed by atoms with Crippen LogP contribution in [0, 0.1) is 0 Å². The number of ether oxygens (including phenoxy) is 1. The molecule has 112 valence electrons. The van der Waals surface area contributed by atoms with Crippen LogP contribution in [0.4, 0.5) is 0 Å². The smallest absolute Gasteiger partial charge is 0.228 e. The lowest BCUT2D eigenvalue weighted by Crippen LogP contribution is -2.53. The molecule has 0 spiro atoms. The van der Waals surface area contributed by atoms with E-state index in [0.29, 0.717) is 32.7 Å². The maximum atomic E-state index is 12.4. The first-order chi connectivity index (χ1) is 9.70. The number of hydrogen-bond acceptors (Lipinski definition) is 5. The van der Waals surface area contributed by atoms with Crippen molar-refractivity contribution < 1.29 is 14.6 Å². The lowest BCUT2D eigenvalue weighted by atomic mass is 10.2. The fraction of sp³-hybridized carbons (Fsp3) is 0.643. The molecule has 1 fully saturated rings. The predicted molar refractivity (Wildman–Crippen MR) is 78.9 cm³/mol. The van der Waals surface area contributed by atoms with Crippen molar-refractivity contribution in [3.8, 4) is 0 Å². The molecular weight excluding hydrogens is 276 g/mol. The number of carbonyl (C=O) groups excluding carboxylic acids is 1. The molecule has 1 aromatic rings. The fourth-order valence-corrected chi connectivity index (χ4v) is 3.12. The predicted octanol–water partition coefficient (Wildman–Crippen LogP) is 0.442. The third kappa shape index (κ3) is 4.28. The Morgan fingerprint density at radius 3 is 3.20 bits per heavy atom. The normalized spacial score (nSPS) is 19.6. The third-order valence-corrected chi connectivity index (χ3v) is 4.33. The molecule has 1 N–H and O–H groups in total. The highest BCUT2D eigenvalue weighted by molar-refractivity contribution is 7.10. The summed E-state index contributed by atoms with van der Waals surface area (Å²) in [5.74, 6) is 0.165. The van der Waals surface area contributed by atoms with Gasteiger partial charge in [0.05, 0.1) is 32.3 Å². The van der Waals surface area contributed by atoms with Crippen LogP contribution in [0.15, 0.2) is 17.5 Å². The number of rotatable bonds is 6. The Morgan fingerprint density at radius 1 is 1.65 bits per heavy atom. The van der Waals surface area contributed by atoms with E-state index in [-0.39, 0.29) is 18.6 Å². The van der Waals surface area contributed by atoms with Crippen molar-refractivity contribution in [2.24, 2.45) is 0 Å². The number of morpholine rings is 1. The zero-order valence-electron chi connectivity index (χ0n) is 11.8. The minimum Gasteiger partial charge on any atom is -0.395 e. The molecule has 1 aliphatic rings. The zero-order chi connectivity index (χ0) is 14.4. The van der Waals surface area contributed by atoms with Gasteiger partial charge in [-0.25, -0.2) is 0 Å². The fourth-order valence-electron chi connectivity index (χ4n) is 2.42. The van der Waals surface area contributed by atoms with Crippen molar-refractivity contribution >= 4 is 17.2 Å². The average molecular weight is 298 g/mol. The van der Waals surface area contributed by atoms with Gasteiger partial charge in [-0.1, -0.05) is 6.07 Å². The van der Waals surface area contributed by atoms with Gasteiger partial charge in [0.25, 0.3) is 0 Å². The van der Waals surface area contributed by atoms with Gasteiger partial charge >= 0.3 is 0 Å². The number of aliphatic hydroxyl groups is 1. The van der Waals surface area contributed by atoms with Crippen LogP contribution in [0.1, 0.15) is 4.88 Å². The molecule has 1 amide bonds. The third-order valence-electron chi connectivity index (χ3n) is 3.46. The Labute approximate surface area is 123 Å². The van der Waals surface area contributed by atoms with Crippen molar-refractivity contribution in [1.29, 1.82) is 0 Å². The summed E-state index contributed by atoms with van der Waals surface area (Å²) >= 11 is 1.62. The van der Waals surface area contributed by atoms with Gasteiger partial charge in [-0.15, -0.1) is 11.3 Å². The topological polar surface area (TPSA) is 53.0 Å². The molecule has 1 aromatic heterocycles. The SMILES string of the molecule is CN(CCO)CC1COCCN1C(=O)Cc1cccs1. The standard InChI is InChI=1S/C14H22N2O3S/c1-15(4-6-17)10-12-11-19-7-5-16(12)14(18)9-13-3-2-8-20-13/h2-3,8,12,17H,4-7,9-11H2,1H3. The van der Waals surface area contributed by atoms with E-state index in [1.54, 1.807) is 11.3 Å². The summed E-state index contributed by atoms with van der Waals surface area (Å²) in [4.78, 5) is 17.5. The minimum absolute atomic E-state index is 0.0766. The van der Waals surface area contributed by atoms with Crippen molar-refractivity contribution in [1.82, 2.24) is 9.80 Å². The van der Waals surface area contributed by atoms with Crippen LogP contribution in [0.2, 0.25) is 0 Å². The summed E-state index contributed by atoms with van der Waals surface area (Å²) in [6, 6.07) is 4.04. The second-order valence-corrected chi connectivity index (χ2v) is 6.09.